The standard InChI is InChI=1S/C13H19FN2O/c1-3-17-13-7-12(11(15)6-10(13)14)16(2)8-9-4-5-9/h6-7,9H,3-5,8,15H2,1-2H3. The third-order valence-corrected chi connectivity index (χ3v) is 3.02. The van der Waals surface area contributed by atoms with Crippen molar-refractivity contribution in [3.8, 4) is 5.75 Å². The smallest absolute Gasteiger partial charge is 0.167 e. The minimum Gasteiger partial charge on any atom is -0.491 e. The molecule has 0 bridgehead atoms. The number of hydrogen-bond acceptors (Lipinski definition) is 3. The van der Waals surface area contributed by atoms with E-state index >= 15 is 0 Å². The Morgan fingerprint density at radius 1 is 1.47 bits per heavy atom. The van der Waals surface area contributed by atoms with Crippen LogP contribution in [0.25, 0.3) is 0 Å². The normalized spacial score (nSPS) is 14.8. The summed E-state index contributed by atoms with van der Waals surface area (Å²) in [5, 5.41) is 0. The summed E-state index contributed by atoms with van der Waals surface area (Å²) in [6, 6.07) is 3.03. The Balaban J connectivity index is 2.21. The first kappa shape index (κ1) is 12.0. The van der Waals surface area contributed by atoms with Crippen molar-refractivity contribution in [1.82, 2.24) is 0 Å². The highest BCUT2D eigenvalue weighted by Gasteiger charge is 2.24. The number of anilines is 2. The molecule has 0 unspecified atom stereocenters. The maximum Gasteiger partial charge on any atom is 0.167 e. The van der Waals surface area contributed by atoms with Gasteiger partial charge in [0.15, 0.2) is 11.6 Å². The lowest BCUT2D eigenvalue weighted by Crippen LogP contribution is -2.21. The number of nitrogens with zero attached hydrogens (tertiary/aromatic N) is 1. The fourth-order valence-corrected chi connectivity index (χ4v) is 1.94. The molecule has 1 fully saturated rings. The fraction of sp³-hybridized carbons (Fsp3) is 0.538. The van der Waals surface area contributed by atoms with Crippen molar-refractivity contribution in [3.63, 3.8) is 0 Å². The topological polar surface area (TPSA) is 38.5 Å². The van der Waals surface area contributed by atoms with Crippen molar-refractivity contribution in [2.45, 2.75) is 19.8 Å². The summed E-state index contributed by atoms with van der Waals surface area (Å²) in [6.07, 6.45) is 2.56. The predicted molar refractivity (Wildman–Crippen MR) is 68.0 cm³/mol. The second-order valence-corrected chi connectivity index (χ2v) is 4.60. The number of rotatable bonds is 5. The third kappa shape index (κ3) is 2.81. The van der Waals surface area contributed by atoms with E-state index < -0.39 is 5.82 Å². The summed E-state index contributed by atoms with van der Waals surface area (Å²) in [5.41, 5.74) is 7.16. The Hall–Kier alpha value is -1.45. The molecule has 3 nitrogen and oxygen atoms in total. The van der Waals surface area contributed by atoms with Gasteiger partial charge >= 0.3 is 0 Å². The van der Waals surface area contributed by atoms with Gasteiger partial charge in [-0.15, -0.1) is 0 Å². The van der Waals surface area contributed by atoms with Crippen molar-refractivity contribution in [2.24, 2.45) is 5.92 Å². The van der Waals surface area contributed by atoms with Crippen molar-refractivity contribution in [2.75, 3.05) is 30.8 Å². The predicted octanol–water partition coefficient (Wildman–Crippen LogP) is 2.65. The molecule has 0 aromatic heterocycles. The van der Waals surface area contributed by atoms with Crippen LogP contribution in [-0.4, -0.2) is 20.2 Å². The molecule has 1 aromatic rings. The third-order valence-electron chi connectivity index (χ3n) is 3.02. The van der Waals surface area contributed by atoms with Crippen LogP contribution >= 0.6 is 0 Å². The Labute approximate surface area is 101 Å². The molecular formula is C13H19FN2O. The minimum atomic E-state index is -0.395. The van der Waals surface area contributed by atoms with Gasteiger partial charge in [0.2, 0.25) is 0 Å². The maximum absolute atomic E-state index is 13.5. The Morgan fingerprint density at radius 2 is 2.18 bits per heavy atom. The first-order valence-corrected chi connectivity index (χ1v) is 6.04. The number of nitrogen functional groups attached to an aromatic ring is 1. The summed E-state index contributed by atoms with van der Waals surface area (Å²) >= 11 is 0. The van der Waals surface area contributed by atoms with Crippen LogP contribution in [0.1, 0.15) is 19.8 Å². The number of halogens is 1. The summed E-state index contributed by atoms with van der Waals surface area (Å²) in [6.45, 7) is 3.26. The van der Waals surface area contributed by atoms with Gasteiger partial charge < -0.3 is 15.4 Å². The second kappa shape index (κ2) is 4.82. The molecule has 0 amide bonds. The number of hydrogen-bond donors (Lipinski definition) is 1. The Morgan fingerprint density at radius 3 is 2.76 bits per heavy atom. The van der Waals surface area contributed by atoms with Crippen LogP contribution in [0.2, 0.25) is 0 Å². The van der Waals surface area contributed by atoms with Crippen LogP contribution in [-0.2, 0) is 0 Å². The highest BCUT2D eigenvalue weighted by molar-refractivity contribution is 5.69. The molecule has 0 aliphatic heterocycles. The van der Waals surface area contributed by atoms with Crippen molar-refractivity contribution in [3.05, 3.63) is 17.9 Å². The van der Waals surface area contributed by atoms with E-state index in [-0.39, 0.29) is 5.75 Å². The zero-order valence-corrected chi connectivity index (χ0v) is 10.4. The molecule has 1 saturated carbocycles. The molecule has 1 aliphatic rings. The van der Waals surface area contributed by atoms with E-state index in [1.165, 1.54) is 18.9 Å². The van der Waals surface area contributed by atoms with E-state index in [2.05, 4.69) is 4.90 Å². The molecule has 1 aliphatic carbocycles. The lowest BCUT2D eigenvalue weighted by Gasteiger charge is -2.22. The highest BCUT2D eigenvalue weighted by Crippen LogP contribution is 2.35. The molecule has 0 radical (unpaired) electrons. The number of ether oxygens (including phenoxy) is 1. The van der Waals surface area contributed by atoms with Gasteiger partial charge in [-0.05, 0) is 25.7 Å². The largest absolute Gasteiger partial charge is 0.491 e. The van der Waals surface area contributed by atoms with Crippen LogP contribution in [0.4, 0.5) is 15.8 Å². The summed E-state index contributed by atoms with van der Waals surface area (Å²) < 4.78 is 18.8. The van der Waals surface area contributed by atoms with E-state index in [1.807, 2.05) is 14.0 Å². The fourth-order valence-electron chi connectivity index (χ4n) is 1.94. The lowest BCUT2D eigenvalue weighted by atomic mass is 10.2. The zero-order chi connectivity index (χ0) is 12.4. The summed E-state index contributed by atoms with van der Waals surface area (Å²) in [4.78, 5) is 2.08. The average molecular weight is 238 g/mol. The summed E-state index contributed by atoms with van der Waals surface area (Å²) in [5.74, 6) is 0.646. The first-order chi connectivity index (χ1) is 8.11. The first-order valence-electron chi connectivity index (χ1n) is 6.04. The number of nitrogens with two attached hydrogens (primary N) is 1. The van der Waals surface area contributed by atoms with Gasteiger partial charge in [0, 0.05) is 25.7 Å². The van der Waals surface area contributed by atoms with E-state index in [0.717, 1.165) is 18.2 Å². The van der Waals surface area contributed by atoms with Crippen molar-refractivity contribution >= 4 is 11.4 Å². The van der Waals surface area contributed by atoms with Crippen LogP contribution in [0.3, 0.4) is 0 Å². The van der Waals surface area contributed by atoms with Gasteiger partial charge in [-0.2, -0.15) is 0 Å². The number of benzene rings is 1. The Bertz CT molecular complexity index is 405. The van der Waals surface area contributed by atoms with Crippen LogP contribution in [0.15, 0.2) is 12.1 Å². The van der Waals surface area contributed by atoms with Gasteiger partial charge in [-0.1, -0.05) is 0 Å². The maximum atomic E-state index is 13.5. The van der Waals surface area contributed by atoms with Gasteiger partial charge in [-0.25, -0.2) is 4.39 Å². The van der Waals surface area contributed by atoms with Crippen LogP contribution in [0.5, 0.6) is 5.75 Å². The van der Waals surface area contributed by atoms with Crippen molar-refractivity contribution in [1.29, 1.82) is 0 Å². The SMILES string of the molecule is CCOc1cc(N(C)CC2CC2)c(N)cc1F. The Kier molecular flexibility index (Phi) is 3.41. The molecule has 17 heavy (non-hydrogen) atoms. The zero-order valence-electron chi connectivity index (χ0n) is 10.4. The van der Waals surface area contributed by atoms with E-state index in [4.69, 9.17) is 10.5 Å². The molecule has 0 heterocycles. The van der Waals surface area contributed by atoms with Gasteiger partial charge in [0.25, 0.3) is 0 Å². The molecule has 2 N–H and O–H groups in total. The second-order valence-electron chi connectivity index (χ2n) is 4.60. The van der Waals surface area contributed by atoms with E-state index in [9.17, 15) is 4.39 Å². The molecule has 0 saturated heterocycles. The quantitative estimate of drug-likeness (QED) is 0.801. The minimum absolute atomic E-state index is 0.277. The van der Waals surface area contributed by atoms with Crippen LogP contribution in [0, 0.1) is 11.7 Å². The molecule has 94 valence electrons. The van der Waals surface area contributed by atoms with Gasteiger partial charge in [0.1, 0.15) is 0 Å². The van der Waals surface area contributed by atoms with E-state index in [1.54, 1.807) is 6.07 Å². The lowest BCUT2D eigenvalue weighted by molar-refractivity contribution is 0.322. The molecule has 4 heteroatoms. The molecule has 1 aromatic carbocycles. The molecule has 2 rings (SSSR count). The summed E-state index contributed by atoms with van der Waals surface area (Å²) in [7, 11) is 1.98. The molecule has 0 spiro atoms. The molecule has 0 atom stereocenters. The van der Waals surface area contributed by atoms with Gasteiger partial charge in [0.05, 0.1) is 18.0 Å². The molecular weight excluding hydrogens is 219 g/mol. The monoisotopic (exact) mass is 238 g/mol. The van der Waals surface area contributed by atoms with Crippen molar-refractivity contribution < 1.29 is 9.13 Å². The average Bonchev–Trinajstić information content (AvgIpc) is 3.06. The van der Waals surface area contributed by atoms with Crippen LogP contribution < -0.4 is 15.4 Å². The highest BCUT2D eigenvalue weighted by atomic mass is 19.1. The van der Waals surface area contributed by atoms with E-state index in [0.29, 0.717) is 12.3 Å². The van der Waals surface area contributed by atoms with Gasteiger partial charge in [-0.3, -0.25) is 0 Å².